The van der Waals surface area contributed by atoms with Crippen molar-refractivity contribution in [3.8, 4) is 0 Å². The summed E-state index contributed by atoms with van der Waals surface area (Å²) in [6, 6.07) is 4.46. The molecule has 1 heterocycles. The predicted octanol–water partition coefficient (Wildman–Crippen LogP) is 2.58. The van der Waals surface area contributed by atoms with Crippen LogP contribution in [0.15, 0.2) is 36.8 Å². The zero-order valence-electron chi connectivity index (χ0n) is 9.19. The van der Waals surface area contributed by atoms with Crippen molar-refractivity contribution in [1.29, 1.82) is 0 Å². The first-order valence-corrected chi connectivity index (χ1v) is 5.48. The van der Waals surface area contributed by atoms with Crippen LogP contribution in [0.3, 0.4) is 0 Å². The van der Waals surface area contributed by atoms with Crippen molar-refractivity contribution in [2.45, 2.75) is 6.04 Å². The van der Waals surface area contributed by atoms with Crippen LogP contribution in [0.2, 0.25) is 5.02 Å². The van der Waals surface area contributed by atoms with Gasteiger partial charge in [-0.1, -0.05) is 17.7 Å². The van der Waals surface area contributed by atoms with Gasteiger partial charge in [0.15, 0.2) is 0 Å². The Hall–Kier alpha value is -1.52. The first-order valence-electron chi connectivity index (χ1n) is 5.10. The fraction of sp³-hybridized carbons (Fsp3) is 0.167. The first kappa shape index (κ1) is 12.0. The van der Waals surface area contributed by atoms with E-state index in [1.54, 1.807) is 37.8 Å². The molecule has 1 N–H and O–H groups in total. The number of benzene rings is 1. The number of hydrogen-bond donors (Lipinski definition) is 1. The third-order valence-corrected chi connectivity index (χ3v) is 2.73. The second-order valence-corrected chi connectivity index (χ2v) is 3.93. The minimum atomic E-state index is -0.426. The van der Waals surface area contributed by atoms with Crippen LogP contribution in [0.4, 0.5) is 4.39 Å². The van der Waals surface area contributed by atoms with E-state index in [4.69, 9.17) is 11.6 Å². The molecule has 0 amide bonds. The third-order valence-electron chi connectivity index (χ3n) is 2.44. The normalized spacial score (nSPS) is 12.4. The fourth-order valence-corrected chi connectivity index (χ4v) is 1.83. The maximum Gasteiger partial charge on any atom is 0.141 e. The summed E-state index contributed by atoms with van der Waals surface area (Å²) in [4.78, 5) is 8.23. The molecule has 17 heavy (non-hydrogen) atoms. The molecule has 0 fully saturated rings. The molecule has 0 aliphatic rings. The molecule has 0 spiro atoms. The number of halogens is 2. The fourth-order valence-electron chi connectivity index (χ4n) is 1.64. The van der Waals surface area contributed by atoms with Gasteiger partial charge < -0.3 is 5.32 Å². The summed E-state index contributed by atoms with van der Waals surface area (Å²) in [5.74, 6) is -0.426. The number of rotatable bonds is 3. The highest BCUT2D eigenvalue weighted by molar-refractivity contribution is 6.30. The van der Waals surface area contributed by atoms with Crippen molar-refractivity contribution in [3.05, 3.63) is 58.9 Å². The summed E-state index contributed by atoms with van der Waals surface area (Å²) < 4.78 is 13.1. The van der Waals surface area contributed by atoms with Crippen LogP contribution in [0.25, 0.3) is 0 Å². The van der Waals surface area contributed by atoms with Crippen LogP contribution in [0.5, 0.6) is 0 Å². The van der Waals surface area contributed by atoms with Gasteiger partial charge in [-0.15, -0.1) is 0 Å². The molecule has 88 valence electrons. The number of nitrogens with one attached hydrogen (secondary N) is 1. The van der Waals surface area contributed by atoms with Gasteiger partial charge in [0.2, 0.25) is 0 Å². The molecule has 5 heteroatoms. The van der Waals surface area contributed by atoms with Gasteiger partial charge in [-0.2, -0.15) is 0 Å². The minimum absolute atomic E-state index is 0.103. The lowest BCUT2D eigenvalue weighted by molar-refractivity contribution is 0.622. The van der Waals surface area contributed by atoms with Gasteiger partial charge in [-0.25, -0.2) is 4.39 Å². The summed E-state index contributed by atoms with van der Waals surface area (Å²) in [7, 11) is 1.80. The average Bonchev–Trinajstić information content (AvgIpc) is 2.36. The Balaban J connectivity index is 2.39. The van der Waals surface area contributed by atoms with Crippen molar-refractivity contribution in [2.75, 3.05) is 7.05 Å². The van der Waals surface area contributed by atoms with E-state index in [0.717, 1.165) is 11.3 Å². The average molecular weight is 252 g/mol. The van der Waals surface area contributed by atoms with E-state index in [1.807, 2.05) is 0 Å². The van der Waals surface area contributed by atoms with Crippen LogP contribution in [0.1, 0.15) is 17.3 Å². The van der Waals surface area contributed by atoms with Crippen LogP contribution in [-0.2, 0) is 0 Å². The number of nitrogens with zero attached hydrogens (tertiary/aromatic N) is 2. The van der Waals surface area contributed by atoms with E-state index >= 15 is 0 Å². The second kappa shape index (κ2) is 5.21. The van der Waals surface area contributed by atoms with Crippen molar-refractivity contribution < 1.29 is 4.39 Å². The van der Waals surface area contributed by atoms with Gasteiger partial charge >= 0.3 is 0 Å². The van der Waals surface area contributed by atoms with E-state index in [-0.39, 0.29) is 11.1 Å². The van der Waals surface area contributed by atoms with E-state index in [0.29, 0.717) is 0 Å². The van der Waals surface area contributed by atoms with Gasteiger partial charge in [0.05, 0.1) is 23.0 Å². The molecule has 0 radical (unpaired) electrons. The van der Waals surface area contributed by atoms with Crippen LogP contribution in [-0.4, -0.2) is 17.0 Å². The summed E-state index contributed by atoms with van der Waals surface area (Å²) in [5.41, 5.74) is 1.61. The highest BCUT2D eigenvalue weighted by Crippen LogP contribution is 2.24. The number of aromatic nitrogens is 2. The van der Waals surface area contributed by atoms with Gasteiger partial charge in [-0.05, 0) is 24.7 Å². The Labute approximate surface area is 104 Å². The monoisotopic (exact) mass is 251 g/mol. The Morgan fingerprint density at radius 1 is 1.35 bits per heavy atom. The Morgan fingerprint density at radius 3 is 2.76 bits per heavy atom. The molecule has 1 unspecified atom stereocenters. The molecular weight excluding hydrogens is 241 g/mol. The van der Waals surface area contributed by atoms with Crippen molar-refractivity contribution in [1.82, 2.24) is 15.3 Å². The van der Waals surface area contributed by atoms with E-state index < -0.39 is 5.82 Å². The molecule has 1 atom stereocenters. The topological polar surface area (TPSA) is 37.8 Å². The SMILES string of the molecule is CNC(c1ccc(F)c(Cl)c1)c1cnccn1. The third kappa shape index (κ3) is 2.60. The van der Waals surface area contributed by atoms with E-state index in [9.17, 15) is 4.39 Å². The van der Waals surface area contributed by atoms with Crippen molar-refractivity contribution in [3.63, 3.8) is 0 Å². The molecule has 0 saturated carbocycles. The highest BCUT2D eigenvalue weighted by atomic mass is 35.5. The van der Waals surface area contributed by atoms with Gasteiger partial charge in [0.1, 0.15) is 5.82 Å². The summed E-state index contributed by atoms with van der Waals surface area (Å²) in [6.07, 6.45) is 4.89. The minimum Gasteiger partial charge on any atom is -0.308 e. The van der Waals surface area contributed by atoms with E-state index in [2.05, 4.69) is 15.3 Å². The molecule has 2 aromatic rings. The maximum absolute atomic E-state index is 13.1. The lowest BCUT2D eigenvalue weighted by atomic mass is 10.0. The van der Waals surface area contributed by atoms with Gasteiger partial charge in [-0.3, -0.25) is 9.97 Å². The maximum atomic E-state index is 13.1. The van der Waals surface area contributed by atoms with Crippen LogP contribution < -0.4 is 5.32 Å². The Morgan fingerprint density at radius 2 is 2.18 bits per heavy atom. The van der Waals surface area contributed by atoms with Crippen LogP contribution in [0, 0.1) is 5.82 Å². The van der Waals surface area contributed by atoms with Crippen LogP contribution >= 0.6 is 11.6 Å². The van der Waals surface area contributed by atoms with E-state index in [1.165, 1.54) is 6.07 Å². The molecule has 0 aliphatic heterocycles. The Kier molecular flexibility index (Phi) is 3.66. The van der Waals surface area contributed by atoms with Crippen molar-refractivity contribution in [2.24, 2.45) is 0 Å². The second-order valence-electron chi connectivity index (χ2n) is 3.53. The summed E-state index contributed by atoms with van der Waals surface area (Å²) in [5, 5.41) is 3.20. The quantitative estimate of drug-likeness (QED) is 0.911. The Bertz CT molecular complexity index is 504. The highest BCUT2D eigenvalue weighted by Gasteiger charge is 2.14. The van der Waals surface area contributed by atoms with Crippen molar-refractivity contribution >= 4 is 11.6 Å². The molecule has 2 rings (SSSR count). The largest absolute Gasteiger partial charge is 0.308 e. The molecule has 0 saturated heterocycles. The van der Waals surface area contributed by atoms with Gasteiger partial charge in [0.25, 0.3) is 0 Å². The first-order chi connectivity index (χ1) is 8.22. The summed E-state index contributed by atoms with van der Waals surface area (Å²) in [6.45, 7) is 0. The molecule has 0 bridgehead atoms. The lowest BCUT2D eigenvalue weighted by Gasteiger charge is -2.15. The summed E-state index contributed by atoms with van der Waals surface area (Å²) >= 11 is 5.76. The van der Waals surface area contributed by atoms with Gasteiger partial charge in [0, 0.05) is 12.4 Å². The predicted molar refractivity (Wildman–Crippen MR) is 64.3 cm³/mol. The zero-order valence-corrected chi connectivity index (χ0v) is 9.95. The smallest absolute Gasteiger partial charge is 0.141 e. The molecule has 3 nitrogen and oxygen atoms in total. The molecule has 1 aromatic heterocycles. The zero-order chi connectivity index (χ0) is 12.3. The lowest BCUT2D eigenvalue weighted by Crippen LogP contribution is -2.19. The standard InChI is InChI=1S/C12H11ClFN3/c1-15-12(11-7-16-4-5-17-11)8-2-3-10(14)9(13)6-8/h2-7,12,15H,1H3. The molecule has 0 aliphatic carbocycles. The molecule has 1 aromatic carbocycles. The molecular formula is C12H11ClFN3. The number of hydrogen-bond acceptors (Lipinski definition) is 3.